The number of sulfonamides is 1. The first-order valence-corrected chi connectivity index (χ1v) is 11.7. The Kier molecular flexibility index (Phi) is 8.58. The molecule has 31 heavy (non-hydrogen) atoms. The molecular formula is C22H30N4O4S. The van der Waals surface area contributed by atoms with Crippen LogP contribution < -0.4 is 16.0 Å². The highest BCUT2D eigenvalue weighted by Gasteiger charge is 2.22. The lowest BCUT2D eigenvalue weighted by Crippen LogP contribution is -2.30. The van der Waals surface area contributed by atoms with E-state index in [4.69, 9.17) is 0 Å². The summed E-state index contributed by atoms with van der Waals surface area (Å²) in [6.07, 6.45) is 0. The van der Waals surface area contributed by atoms with Gasteiger partial charge in [0.15, 0.2) is 5.78 Å². The van der Waals surface area contributed by atoms with Crippen LogP contribution in [0.5, 0.6) is 0 Å². The van der Waals surface area contributed by atoms with E-state index in [2.05, 4.69) is 16.0 Å². The molecule has 2 aromatic rings. The summed E-state index contributed by atoms with van der Waals surface area (Å²) in [5, 5.41) is 8.92. The Morgan fingerprint density at radius 2 is 1.65 bits per heavy atom. The molecule has 9 heteroatoms. The van der Waals surface area contributed by atoms with Gasteiger partial charge >= 0.3 is 0 Å². The molecule has 0 aliphatic carbocycles. The van der Waals surface area contributed by atoms with Gasteiger partial charge in [0.2, 0.25) is 15.9 Å². The van der Waals surface area contributed by atoms with Crippen molar-refractivity contribution in [2.24, 2.45) is 0 Å². The lowest BCUT2D eigenvalue weighted by atomic mass is 10.1. The molecule has 0 aromatic heterocycles. The van der Waals surface area contributed by atoms with Crippen molar-refractivity contribution < 1.29 is 18.0 Å². The summed E-state index contributed by atoms with van der Waals surface area (Å²) >= 11 is 0. The van der Waals surface area contributed by atoms with E-state index in [9.17, 15) is 18.0 Å². The number of hydrogen-bond donors (Lipinski definition) is 3. The van der Waals surface area contributed by atoms with Crippen LogP contribution in [0.15, 0.2) is 47.4 Å². The third-order valence-corrected chi connectivity index (χ3v) is 6.74. The van der Waals surface area contributed by atoms with Crippen LogP contribution in [0.4, 0.5) is 17.1 Å². The number of Topliss-reactive ketones (excluding diaryl/α,β-unsaturated/α-hetero) is 1. The van der Waals surface area contributed by atoms with Crippen molar-refractivity contribution in [1.29, 1.82) is 0 Å². The largest absolute Gasteiger partial charge is 0.384 e. The molecule has 8 nitrogen and oxygen atoms in total. The second-order valence-corrected chi connectivity index (χ2v) is 8.80. The molecule has 0 atom stereocenters. The summed E-state index contributed by atoms with van der Waals surface area (Å²) in [5.41, 5.74) is 2.24. The van der Waals surface area contributed by atoms with Gasteiger partial charge in [0.1, 0.15) is 0 Å². The van der Waals surface area contributed by atoms with Crippen molar-refractivity contribution in [3.05, 3.63) is 48.0 Å². The van der Waals surface area contributed by atoms with Gasteiger partial charge in [-0.2, -0.15) is 4.31 Å². The average Bonchev–Trinajstić information content (AvgIpc) is 2.74. The highest BCUT2D eigenvalue weighted by atomic mass is 32.2. The Morgan fingerprint density at radius 3 is 2.26 bits per heavy atom. The molecule has 0 saturated heterocycles. The summed E-state index contributed by atoms with van der Waals surface area (Å²) in [4.78, 5) is 24.1. The number of benzene rings is 2. The smallest absolute Gasteiger partial charge is 0.243 e. The van der Waals surface area contributed by atoms with E-state index >= 15 is 0 Å². The fraction of sp³-hybridized carbons (Fsp3) is 0.364. The van der Waals surface area contributed by atoms with E-state index in [1.54, 1.807) is 50.2 Å². The van der Waals surface area contributed by atoms with Gasteiger partial charge in [-0.05, 0) is 44.2 Å². The van der Waals surface area contributed by atoms with Crippen molar-refractivity contribution in [2.45, 2.75) is 32.6 Å². The van der Waals surface area contributed by atoms with Gasteiger partial charge in [-0.25, -0.2) is 8.42 Å². The van der Waals surface area contributed by atoms with E-state index in [1.165, 1.54) is 17.3 Å². The predicted molar refractivity (Wildman–Crippen MR) is 124 cm³/mol. The molecule has 0 spiro atoms. The molecule has 2 aromatic carbocycles. The average molecular weight is 447 g/mol. The Balaban J connectivity index is 2.20. The zero-order chi connectivity index (χ0) is 23.0. The normalized spacial score (nSPS) is 11.3. The predicted octanol–water partition coefficient (Wildman–Crippen LogP) is 3.40. The van der Waals surface area contributed by atoms with Gasteiger partial charge in [-0.1, -0.05) is 26.0 Å². The van der Waals surface area contributed by atoms with E-state index in [0.717, 1.165) is 0 Å². The summed E-state index contributed by atoms with van der Waals surface area (Å²) in [6.45, 7) is 8.29. The molecule has 0 saturated carbocycles. The van der Waals surface area contributed by atoms with E-state index in [1.807, 2.05) is 6.92 Å². The van der Waals surface area contributed by atoms with Gasteiger partial charge in [-0.15, -0.1) is 0 Å². The van der Waals surface area contributed by atoms with Crippen LogP contribution >= 0.6 is 0 Å². The number of carbonyl (C=O) groups excluding carboxylic acids is 2. The molecule has 0 bridgehead atoms. The standard InChI is InChI=1S/C22H30N4O4S/c1-5-23-20-12-11-19(31(29,30)26(6-2)7-3)14-21(20)24-15-22(28)25-18-10-8-9-17(13-18)16(4)27/h8-14,23-24H,5-7,15H2,1-4H3,(H,25,28). The van der Waals surface area contributed by atoms with Gasteiger partial charge < -0.3 is 16.0 Å². The SMILES string of the molecule is CCNc1ccc(S(=O)(=O)N(CC)CC)cc1NCC(=O)Nc1cccc(C(C)=O)c1. The minimum atomic E-state index is -3.62. The highest BCUT2D eigenvalue weighted by molar-refractivity contribution is 7.89. The zero-order valence-corrected chi connectivity index (χ0v) is 19.2. The maximum absolute atomic E-state index is 12.9. The van der Waals surface area contributed by atoms with Crippen LogP contribution in [0, 0.1) is 0 Å². The van der Waals surface area contributed by atoms with Crippen LogP contribution in [-0.4, -0.2) is 50.6 Å². The molecule has 0 radical (unpaired) electrons. The van der Waals surface area contributed by atoms with Crippen molar-refractivity contribution >= 4 is 38.8 Å². The van der Waals surface area contributed by atoms with Crippen LogP contribution in [0.2, 0.25) is 0 Å². The Hall–Kier alpha value is -2.91. The van der Waals surface area contributed by atoms with Crippen LogP contribution in [0.1, 0.15) is 38.1 Å². The topological polar surface area (TPSA) is 108 Å². The Morgan fingerprint density at radius 1 is 0.935 bits per heavy atom. The molecule has 0 unspecified atom stereocenters. The second-order valence-electron chi connectivity index (χ2n) is 6.87. The summed E-state index contributed by atoms with van der Waals surface area (Å²) < 4.78 is 27.1. The van der Waals surface area contributed by atoms with Gasteiger partial charge in [0.25, 0.3) is 0 Å². The van der Waals surface area contributed by atoms with E-state index in [0.29, 0.717) is 42.3 Å². The van der Waals surface area contributed by atoms with Crippen molar-refractivity contribution in [2.75, 3.05) is 42.1 Å². The van der Waals surface area contributed by atoms with E-state index < -0.39 is 10.0 Å². The molecule has 3 N–H and O–H groups in total. The van der Waals surface area contributed by atoms with E-state index in [-0.39, 0.29) is 23.1 Å². The molecule has 1 amide bonds. The number of nitrogens with zero attached hydrogens (tertiary/aromatic N) is 1. The Labute approximate surface area is 184 Å². The third-order valence-electron chi connectivity index (χ3n) is 4.69. The van der Waals surface area contributed by atoms with Crippen LogP contribution in [0.25, 0.3) is 0 Å². The monoisotopic (exact) mass is 446 g/mol. The quantitative estimate of drug-likeness (QED) is 0.457. The van der Waals surface area contributed by atoms with Crippen molar-refractivity contribution in [1.82, 2.24) is 4.31 Å². The maximum Gasteiger partial charge on any atom is 0.243 e. The molecule has 0 aliphatic heterocycles. The molecule has 2 rings (SSSR count). The fourth-order valence-corrected chi connectivity index (χ4v) is 4.57. The number of ketones is 1. The molecule has 0 fully saturated rings. The number of amides is 1. The fourth-order valence-electron chi connectivity index (χ4n) is 3.08. The lowest BCUT2D eigenvalue weighted by molar-refractivity contribution is -0.114. The maximum atomic E-state index is 12.9. The first-order chi connectivity index (χ1) is 14.7. The number of carbonyl (C=O) groups is 2. The third kappa shape index (κ3) is 6.28. The summed E-state index contributed by atoms with van der Waals surface area (Å²) in [5.74, 6) is -0.407. The zero-order valence-electron chi connectivity index (χ0n) is 18.4. The first-order valence-electron chi connectivity index (χ1n) is 10.3. The number of hydrogen-bond acceptors (Lipinski definition) is 6. The lowest BCUT2D eigenvalue weighted by Gasteiger charge is -2.20. The molecular weight excluding hydrogens is 416 g/mol. The number of rotatable bonds is 11. The van der Waals surface area contributed by atoms with Crippen molar-refractivity contribution in [3.8, 4) is 0 Å². The van der Waals surface area contributed by atoms with Crippen LogP contribution in [-0.2, 0) is 14.8 Å². The number of anilines is 3. The molecule has 0 heterocycles. The Bertz CT molecular complexity index is 1030. The minimum Gasteiger partial charge on any atom is -0.384 e. The molecule has 168 valence electrons. The second kappa shape index (κ2) is 10.9. The van der Waals surface area contributed by atoms with Gasteiger partial charge in [0, 0.05) is 30.9 Å². The minimum absolute atomic E-state index is 0.0720. The highest BCUT2D eigenvalue weighted by Crippen LogP contribution is 2.27. The molecule has 0 aliphatic rings. The van der Waals surface area contributed by atoms with Gasteiger partial charge in [-0.3, -0.25) is 9.59 Å². The summed E-state index contributed by atoms with van der Waals surface area (Å²) in [6, 6.07) is 11.5. The van der Waals surface area contributed by atoms with Gasteiger partial charge in [0.05, 0.1) is 22.8 Å². The summed E-state index contributed by atoms with van der Waals surface area (Å²) in [7, 11) is -3.62. The first kappa shape index (κ1) is 24.4. The van der Waals surface area contributed by atoms with Crippen molar-refractivity contribution in [3.63, 3.8) is 0 Å². The van der Waals surface area contributed by atoms with Crippen LogP contribution in [0.3, 0.4) is 0 Å². The number of nitrogens with one attached hydrogen (secondary N) is 3.